The van der Waals surface area contributed by atoms with Gasteiger partial charge in [-0.2, -0.15) is 4.98 Å². The van der Waals surface area contributed by atoms with Gasteiger partial charge in [0.05, 0.1) is 13.2 Å². The van der Waals surface area contributed by atoms with Gasteiger partial charge in [0.25, 0.3) is 5.56 Å². The summed E-state index contributed by atoms with van der Waals surface area (Å²) in [6.45, 7) is 3.74. The number of fused-ring (bicyclic) bond motifs is 1. The monoisotopic (exact) mass is 370 g/mol. The standard InChI is InChI=1S/C20H23FN4O2/c21-15-3-1-13(2-4-15)9-17-16-10-14(16)12-25(17)20-22-18(11-19(26)23-20)24-5-7-27-8-6-24/h1-4,11,14,16-17H,5-10,12H2,(H,22,23,26)/t14-,16-,17+/m1/s1. The molecule has 1 aromatic heterocycles. The van der Waals surface area contributed by atoms with E-state index in [1.165, 1.54) is 18.6 Å². The van der Waals surface area contributed by atoms with Gasteiger partial charge in [0.15, 0.2) is 0 Å². The number of morpholine rings is 1. The van der Waals surface area contributed by atoms with Gasteiger partial charge in [0.1, 0.15) is 11.6 Å². The van der Waals surface area contributed by atoms with Crippen LogP contribution in [0, 0.1) is 17.7 Å². The van der Waals surface area contributed by atoms with Gasteiger partial charge in [-0.05, 0) is 42.4 Å². The summed E-state index contributed by atoms with van der Waals surface area (Å²) in [5.41, 5.74) is 0.994. The van der Waals surface area contributed by atoms with Crippen molar-refractivity contribution in [2.45, 2.75) is 18.9 Å². The van der Waals surface area contributed by atoms with Crippen molar-refractivity contribution in [1.29, 1.82) is 0 Å². The fourth-order valence-electron chi connectivity index (χ4n) is 4.46. The topological polar surface area (TPSA) is 61.5 Å². The Morgan fingerprint density at radius 1 is 1.22 bits per heavy atom. The summed E-state index contributed by atoms with van der Waals surface area (Å²) >= 11 is 0. The number of rotatable bonds is 4. The maximum atomic E-state index is 13.2. The van der Waals surface area contributed by atoms with Crippen LogP contribution in [0.25, 0.3) is 0 Å². The third-order valence-electron chi connectivity index (χ3n) is 5.98. The third-order valence-corrected chi connectivity index (χ3v) is 5.98. The molecule has 0 amide bonds. The van der Waals surface area contributed by atoms with Crippen molar-refractivity contribution in [2.24, 2.45) is 11.8 Å². The van der Waals surface area contributed by atoms with Gasteiger partial charge >= 0.3 is 0 Å². The Labute approximate surface area is 157 Å². The average molecular weight is 370 g/mol. The van der Waals surface area contributed by atoms with Gasteiger partial charge in [0, 0.05) is 31.7 Å². The Morgan fingerprint density at radius 2 is 2.00 bits per heavy atom. The van der Waals surface area contributed by atoms with E-state index >= 15 is 0 Å². The summed E-state index contributed by atoms with van der Waals surface area (Å²) in [4.78, 5) is 24.3. The third kappa shape index (κ3) is 3.32. The summed E-state index contributed by atoms with van der Waals surface area (Å²) in [5, 5.41) is 0. The second-order valence-corrected chi connectivity index (χ2v) is 7.74. The number of ether oxygens (including phenoxy) is 1. The van der Waals surface area contributed by atoms with Gasteiger partial charge in [-0.15, -0.1) is 0 Å². The van der Waals surface area contributed by atoms with Crippen LogP contribution in [0.2, 0.25) is 0 Å². The molecule has 1 aliphatic carbocycles. The number of benzene rings is 1. The number of hydrogen-bond donors (Lipinski definition) is 1. The molecule has 2 aliphatic heterocycles. The van der Waals surface area contributed by atoms with Crippen LogP contribution in [0.1, 0.15) is 12.0 Å². The lowest BCUT2D eigenvalue weighted by atomic mass is 10.0. The van der Waals surface area contributed by atoms with Crippen molar-refractivity contribution in [3.05, 3.63) is 52.1 Å². The Kier molecular flexibility index (Phi) is 4.11. The normalized spacial score (nSPS) is 26.9. The van der Waals surface area contributed by atoms with Gasteiger partial charge in [-0.1, -0.05) is 12.1 Å². The molecule has 0 spiro atoms. The number of aromatic nitrogens is 2. The van der Waals surface area contributed by atoms with E-state index in [1.54, 1.807) is 6.07 Å². The lowest BCUT2D eigenvalue weighted by Gasteiger charge is -2.31. The molecule has 0 radical (unpaired) electrons. The molecule has 3 heterocycles. The molecule has 3 fully saturated rings. The van der Waals surface area contributed by atoms with E-state index < -0.39 is 0 Å². The fourth-order valence-corrected chi connectivity index (χ4v) is 4.46. The molecule has 7 heteroatoms. The Hall–Kier alpha value is -2.41. The molecule has 1 N–H and O–H groups in total. The molecule has 3 atom stereocenters. The number of aromatic amines is 1. The number of H-pyrrole nitrogens is 1. The summed E-state index contributed by atoms with van der Waals surface area (Å²) in [5.74, 6) is 2.47. The zero-order valence-corrected chi connectivity index (χ0v) is 15.1. The molecule has 0 unspecified atom stereocenters. The zero-order chi connectivity index (χ0) is 18.4. The van der Waals surface area contributed by atoms with Crippen LogP contribution in [0.15, 0.2) is 35.1 Å². The van der Waals surface area contributed by atoms with Crippen LogP contribution >= 0.6 is 0 Å². The summed E-state index contributed by atoms with van der Waals surface area (Å²) in [6.07, 6.45) is 2.07. The van der Waals surface area contributed by atoms with E-state index in [2.05, 4.69) is 14.8 Å². The zero-order valence-electron chi connectivity index (χ0n) is 15.1. The van der Waals surface area contributed by atoms with Gasteiger partial charge in [0.2, 0.25) is 5.95 Å². The highest BCUT2D eigenvalue weighted by Gasteiger charge is 2.52. The lowest BCUT2D eigenvalue weighted by molar-refractivity contribution is 0.122. The molecule has 2 aromatic rings. The molecular weight excluding hydrogens is 347 g/mol. The molecule has 27 heavy (non-hydrogen) atoms. The lowest BCUT2D eigenvalue weighted by Crippen LogP contribution is -2.40. The maximum Gasteiger partial charge on any atom is 0.254 e. The predicted molar refractivity (Wildman–Crippen MR) is 101 cm³/mol. The molecule has 142 valence electrons. The highest BCUT2D eigenvalue weighted by atomic mass is 19.1. The highest BCUT2D eigenvalue weighted by Crippen LogP contribution is 2.51. The quantitative estimate of drug-likeness (QED) is 0.890. The van der Waals surface area contributed by atoms with E-state index in [0.717, 1.165) is 37.4 Å². The molecule has 1 aromatic carbocycles. The van der Waals surface area contributed by atoms with E-state index in [9.17, 15) is 9.18 Å². The molecule has 1 saturated carbocycles. The van der Waals surface area contributed by atoms with Crippen LogP contribution < -0.4 is 15.4 Å². The molecule has 6 nitrogen and oxygen atoms in total. The van der Waals surface area contributed by atoms with E-state index in [1.807, 2.05) is 12.1 Å². The first-order valence-corrected chi connectivity index (χ1v) is 9.62. The average Bonchev–Trinajstić information content (AvgIpc) is 3.38. The van der Waals surface area contributed by atoms with E-state index in [0.29, 0.717) is 37.0 Å². The molecule has 5 rings (SSSR count). The number of hydrogen-bond acceptors (Lipinski definition) is 5. The highest BCUT2D eigenvalue weighted by molar-refractivity contribution is 5.47. The molecule has 0 bridgehead atoms. The minimum atomic E-state index is -0.212. The van der Waals surface area contributed by atoms with Crippen molar-refractivity contribution >= 4 is 11.8 Å². The predicted octanol–water partition coefficient (Wildman–Crippen LogP) is 1.81. The minimum Gasteiger partial charge on any atom is -0.378 e. The first kappa shape index (κ1) is 16.7. The maximum absolute atomic E-state index is 13.2. The van der Waals surface area contributed by atoms with Crippen molar-refractivity contribution in [1.82, 2.24) is 9.97 Å². The van der Waals surface area contributed by atoms with E-state index in [4.69, 9.17) is 9.72 Å². The second-order valence-electron chi connectivity index (χ2n) is 7.74. The Balaban J connectivity index is 1.41. The SMILES string of the molecule is O=c1cc(N2CCOCC2)nc(N2C[C@H]3C[C@H]3[C@@H]2Cc2ccc(F)cc2)[nH]1. The second kappa shape index (κ2) is 6.64. The first-order valence-electron chi connectivity index (χ1n) is 9.62. The number of nitrogens with zero attached hydrogens (tertiary/aromatic N) is 3. The first-order chi connectivity index (χ1) is 13.2. The smallest absolute Gasteiger partial charge is 0.254 e. The van der Waals surface area contributed by atoms with Gasteiger partial charge in [-0.25, -0.2) is 4.39 Å². The largest absolute Gasteiger partial charge is 0.378 e. The molecule has 2 saturated heterocycles. The van der Waals surface area contributed by atoms with Gasteiger partial charge in [-0.3, -0.25) is 9.78 Å². The number of nitrogens with one attached hydrogen (secondary N) is 1. The minimum absolute atomic E-state index is 0.123. The molecule has 3 aliphatic rings. The van der Waals surface area contributed by atoms with Crippen molar-refractivity contribution in [3.8, 4) is 0 Å². The van der Waals surface area contributed by atoms with Crippen molar-refractivity contribution in [2.75, 3.05) is 42.6 Å². The van der Waals surface area contributed by atoms with E-state index in [-0.39, 0.29) is 11.4 Å². The van der Waals surface area contributed by atoms with Crippen LogP contribution in [0.5, 0.6) is 0 Å². The Bertz CT molecular complexity index is 878. The van der Waals surface area contributed by atoms with Crippen molar-refractivity contribution < 1.29 is 9.13 Å². The van der Waals surface area contributed by atoms with Gasteiger partial charge < -0.3 is 14.5 Å². The van der Waals surface area contributed by atoms with Crippen LogP contribution in [-0.2, 0) is 11.2 Å². The summed E-state index contributed by atoms with van der Waals surface area (Å²) < 4.78 is 18.6. The summed E-state index contributed by atoms with van der Waals surface area (Å²) in [7, 11) is 0. The fraction of sp³-hybridized carbons (Fsp3) is 0.500. The molecular formula is C20H23FN4O2. The number of piperidine rings is 1. The van der Waals surface area contributed by atoms with Crippen LogP contribution in [0.4, 0.5) is 16.2 Å². The Morgan fingerprint density at radius 3 is 2.78 bits per heavy atom. The summed E-state index contributed by atoms with van der Waals surface area (Å²) in [6, 6.07) is 8.59. The van der Waals surface area contributed by atoms with Crippen LogP contribution in [-0.4, -0.2) is 48.9 Å². The van der Waals surface area contributed by atoms with Crippen LogP contribution in [0.3, 0.4) is 0 Å². The van der Waals surface area contributed by atoms with Crippen molar-refractivity contribution in [3.63, 3.8) is 0 Å². The number of halogens is 1. The number of anilines is 2.